The number of pyridine rings is 1. The van der Waals surface area contributed by atoms with Crippen LogP contribution >= 0.6 is 0 Å². The van der Waals surface area contributed by atoms with Gasteiger partial charge in [-0.25, -0.2) is 4.98 Å². The number of halogens is 2. The van der Waals surface area contributed by atoms with Gasteiger partial charge in [-0.2, -0.15) is 8.78 Å². The first-order valence-electron chi connectivity index (χ1n) is 11.3. The molecule has 35 heavy (non-hydrogen) atoms. The van der Waals surface area contributed by atoms with Crippen molar-refractivity contribution in [3.8, 4) is 28.5 Å². The number of alkyl halides is 2. The Morgan fingerprint density at radius 3 is 2.60 bits per heavy atom. The lowest BCUT2D eigenvalue weighted by molar-refractivity contribution is -0.0502. The van der Waals surface area contributed by atoms with Crippen LogP contribution in [0.3, 0.4) is 0 Å². The number of methoxy groups -OCH3 is 1. The number of nitrogens with zero attached hydrogens (tertiary/aromatic N) is 3. The maximum atomic E-state index is 13.2. The van der Waals surface area contributed by atoms with Crippen molar-refractivity contribution < 1.29 is 27.8 Å². The van der Waals surface area contributed by atoms with Crippen LogP contribution in [0.2, 0.25) is 0 Å². The van der Waals surface area contributed by atoms with Crippen LogP contribution in [0.15, 0.2) is 36.7 Å². The summed E-state index contributed by atoms with van der Waals surface area (Å²) in [4.78, 5) is 19.3. The fourth-order valence-electron chi connectivity index (χ4n) is 3.45. The Morgan fingerprint density at radius 2 is 1.97 bits per heavy atom. The summed E-state index contributed by atoms with van der Waals surface area (Å²) in [6.07, 6.45) is 5.13. The zero-order valence-corrected chi connectivity index (χ0v) is 20.5. The number of fused-ring (bicyclic) bond motifs is 1. The van der Waals surface area contributed by atoms with Gasteiger partial charge >= 0.3 is 6.61 Å². The average Bonchev–Trinajstić information content (AvgIpc) is 3.51. The molecule has 0 spiro atoms. The van der Waals surface area contributed by atoms with Crippen molar-refractivity contribution >= 4 is 11.6 Å². The predicted molar refractivity (Wildman–Crippen MR) is 128 cm³/mol. The molecule has 0 radical (unpaired) electrons. The van der Waals surface area contributed by atoms with Crippen molar-refractivity contribution in [1.29, 1.82) is 0 Å². The summed E-state index contributed by atoms with van der Waals surface area (Å²) in [6.45, 7) is 1.55. The molecule has 3 aromatic rings. The molecule has 4 rings (SSSR count). The molecule has 1 amide bonds. The number of aromatic nitrogens is 2. The van der Waals surface area contributed by atoms with Crippen molar-refractivity contribution in [1.82, 2.24) is 19.6 Å². The van der Waals surface area contributed by atoms with E-state index in [-0.39, 0.29) is 28.6 Å². The van der Waals surface area contributed by atoms with Crippen LogP contribution < -0.4 is 19.5 Å². The molecule has 2 aromatic heterocycles. The first-order chi connectivity index (χ1) is 16.6. The quantitative estimate of drug-likeness (QED) is 0.461. The topological polar surface area (TPSA) is 77.3 Å². The summed E-state index contributed by atoms with van der Waals surface area (Å²) in [5.74, 6) is 0.0357. The van der Waals surface area contributed by atoms with Crippen LogP contribution in [0.5, 0.6) is 17.2 Å². The lowest BCUT2D eigenvalue weighted by atomic mass is 10.1. The van der Waals surface area contributed by atoms with Gasteiger partial charge in [-0.3, -0.25) is 9.20 Å². The van der Waals surface area contributed by atoms with Gasteiger partial charge in [0.05, 0.1) is 19.0 Å². The summed E-state index contributed by atoms with van der Waals surface area (Å²) in [5.41, 5.74) is 1.53. The van der Waals surface area contributed by atoms with Gasteiger partial charge in [-0.1, -0.05) is 0 Å². The van der Waals surface area contributed by atoms with Gasteiger partial charge < -0.3 is 24.4 Å². The second-order valence-corrected chi connectivity index (χ2v) is 9.41. The van der Waals surface area contributed by atoms with Crippen molar-refractivity contribution in [2.75, 3.05) is 27.8 Å². The number of carbonyl (C=O) groups excluding carboxylic acids is 1. The number of likely N-dealkylation sites (N-methyl/N-ethyl adjacent to an activating group) is 1. The van der Waals surface area contributed by atoms with E-state index in [0.29, 0.717) is 29.3 Å². The molecule has 0 aliphatic heterocycles. The van der Waals surface area contributed by atoms with E-state index < -0.39 is 12.5 Å². The lowest BCUT2D eigenvalue weighted by Crippen LogP contribution is -2.43. The third kappa shape index (κ3) is 5.48. The van der Waals surface area contributed by atoms with E-state index in [2.05, 4.69) is 29.0 Å². The number of ether oxygens (including phenoxy) is 3. The standard InChI is InChI=1S/C25H30F2N4O4/c1-25(2,30(3)4)14-34-17-8-9-31-18(13-28-21(31)12-17)15-10-19(33-5)22(20(11-15)35-24(26)27)23(32)29-16-6-7-16/h8-13,16,24H,6-7,14H2,1-5H3,(H,29,32). The maximum Gasteiger partial charge on any atom is 0.387 e. The Bertz CT molecular complexity index is 1220. The van der Waals surface area contributed by atoms with E-state index in [9.17, 15) is 13.6 Å². The van der Waals surface area contributed by atoms with Gasteiger partial charge in [-0.15, -0.1) is 0 Å². The number of nitrogens with one attached hydrogen (secondary N) is 1. The summed E-state index contributed by atoms with van der Waals surface area (Å²) in [7, 11) is 5.37. The van der Waals surface area contributed by atoms with Crippen molar-refractivity contribution in [2.45, 2.75) is 44.9 Å². The largest absolute Gasteiger partial charge is 0.496 e. The molecule has 1 aliphatic rings. The van der Waals surface area contributed by atoms with Crippen molar-refractivity contribution in [3.05, 3.63) is 42.2 Å². The molecule has 0 atom stereocenters. The van der Waals surface area contributed by atoms with Gasteiger partial charge in [0.25, 0.3) is 5.91 Å². The Hall–Kier alpha value is -3.40. The molecule has 2 heterocycles. The monoisotopic (exact) mass is 488 g/mol. The lowest BCUT2D eigenvalue weighted by Gasteiger charge is -2.32. The highest BCUT2D eigenvalue weighted by Crippen LogP contribution is 2.37. The van der Waals surface area contributed by atoms with Crippen LogP contribution in [-0.4, -0.2) is 66.2 Å². The van der Waals surface area contributed by atoms with Crippen LogP contribution in [0.4, 0.5) is 8.78 Å². The number of imidazole rings is 1. The Kier molecular flexibility index (Phi) is 6.84. The SMILES string of the molecule is COc1cc(-c2cnc3cc(OCC(C)(C)N(C)C)ccn23)cc(OC(F)F)c1C(=O)NC1CC1. The number of carbonyl (C=O) groups is 1. The minimum atomic E-state index is -3.10. The third-order valence-electron chi connectivity index (χ3n) is 6.22. The minimum absolute atomic E-state index is 0.0461. The van der Waals surface area contributed by atoms with E-state index in [1.807, 2.05) is 20.2 Å². The molecule has 1 N–H and O–H groups in total. The molecular formula is C25H30F2N4O4. The summed E-state index contributed by atoms with van der Waals surface area (Å²) in [6, 6.07) is 6.69. The zero-order chi connectivity index (χ0) is 25.3. The highest BCUT2D eigenvalue weighted by Gasteiger charge is 2.29. The maximum absolute atomic E-state index is 13.2. The zero-order valence-electron chi connectivity index (χ0n) is 20.5. The number of rotatable bonds is 10. The van der Waals surface area contributed by atoms with Gasteiger partial charge in [0.1, 0.15) is 35.1 Å². The summed E-state index contributed by atoms with van der Waals surface area (Å²) >= 11 is 0. The molecule has 8 nitrogen and oxygen atoms in total. The van der Waals surface area contributed by atoms with Crippen molar-refractivity contribution in [2.24, 2.45) is 0 Å². The molecule has 1 saturated carbocycles. The molecule has 0 saturated heterocycles. The molecular weight excluding hydrogens is 458 g/mol. The highest BCUT2D eigenvalue weighted by molar-refractivity contribution is 6.01. The Morgan fingerprint density at radius 1 is 1.26 bits per heavy atom. The Balaban J connectivity index is 1.68. The van der Waals surface area contributed by atoms with Crippen molar-refractivity contribution in [3.63, 3.8) is 0 Å². The fraction of sp³-hybridized carbons (Fsp3) is 0.440. The fourth-order valence-corrected chi connectivity index (χ4v) is 3.45. The van der Waals surface area contributed by atoms with E-state index in [0.717, 1.165) is 12.8 Å². The smallest absolute Gasteiger partial charge is 0.387 e. The number of hydrogen-bond donors (Lipinski definition) is 1. The summed E-state index contributed by atoms with van der Waals surface area (Å²) < 4.78 is 44.4. The second-order valence-electron chi connectivity index (χ2n) is 9.41. The van der Waals surface area contributed by atoms with E-state index in [4.69, 9.17) is 14.2 Å². The van der Waals surface area contributed by atoms with Gasteiger partial charge in [-0.05, 0) is 59.0 Å². The summed E-state index contributed by atoms with van der Waals surface area (Å²) in [5, 5.41) is 2.80. The number of hydrogen-bond acceptors (Lipinski definition) is 6. The highest BCUT2D eigenvalue weighted by atomic mass is 19.3. The molecule has 1 aliphatic carbocycles. The van der Waals surface area contributed by atoms with Gasteiger partial charge in [0.15, 0.2) is 0 Å². The van der Waals surface area contributed by atoms with Crippen LogP contribution in [0.1, 0.15) is 37.0 Å². The molecule has 1 aromatic carbocycles. The van der Waals surface area contributed by atoms with Crippen LogP contribution in [0.25, 0.3) is 16.9 Å². The average molecular weight is 489 g/mol. The molecule has 1 fully saturated rings. The number of amides is 1. The minimum Gasteiger partial charge on any atom is -0.496 e. The van der Waals surface area contributed by atoms with Gasteiger partial charge in [0.2, 0.25) is 0 Å². The third-order valence-corrected chi connectivity index (χ3v) is 6.22. The molecule has 188 valence electrons. The predicted octanol–water partition coefficient (Wildman–Crippen LogP) is 4.22. The normalized spacial score (nSPS) is 14.0. The van der Waals surface area contributed by atoms with E-state index >= 15 is 0 Å². The van der Waals surface area contributed by atoms with E-state index in [1.54, 1.807) is 28.9 Å². The first-order valence-corrected chi connectivity index (χ1v) is 11.3. The first kappa shape index (κ1) is 24.7. The molecule has 0 unspecified atom stereocenters. The second kappa shape index (κ2) is 9.69. The van der Waals surface area contributed by atoms with Crippen LogP contribution in [-0.2, 0) is 0 Å². The molecule has 0 bridgehead atoms. The van der Waals surface area contributed by atoms with Crippen LogP contribution in [0, 0.1) is 0 Å². The number of benzene rings is 1. The van der Waals surface area contributed by atoms with E-state index in [1.165, 1.54) is 13.2 Å². The molecule has 10 heteroatoms. The Labute approximate surface area is 202 Å². The van der Waals surface area contributed by atoms with Gasteiger partial charge in [0, 0.05) is 29.4 Å².